The molecule has 0 saturated heterocycles. The minimum Gasteiger partial charge on any atom is -0.358 e. The van der Waals surface area contributed by atoms with Crippen LogP contribution in [0, 0.1) is 10.1 Å². The van der Waals surface area contributed by atoms with E-state index in [1.807, 2.05) is 0 Å². The molecule has 0 fully saturated rings. The number of nitrogens with zero attached hydrogens (tertiary/aromatic N) is 3. The van der Waals surface area contributed by atoms with Gasteiger partial charge in [0, 0.05) is 0 Å². The molecule has 1 heterocycles. The lowest BCUT2D eigenvalue weighted by Crippen LogP contribution is -2.47. The van der Waals surface area contributed by atoms with Gasteiger partial charge in [0.25, 0.3) is 16.0 Å². The third kappa shape index (κ3) is 5.87. The summed E-state index contributed by atoms with van der Waals surface area (Å²) in [6.45, 7) is -3.89. The van der Waals surface area contributed by atoms with Crippen LogP contribution in [-0.2, 0) is 32.2 Å². The largest absolute Gasteiger partial charge is 0.455 e. The number of aromatic nitrogens is 2. The van der Waals surface area contributed by atoms with E-state index >= 15 is 0 Å². The first-order valence-corrected chi connectivity index (χ1v) is 8.20. The highest BCUT2D eigenvalue weighted by Gasteiger charge is 2.57. The lowest BCUT2D eigenvalue weighted by Gasteiger charge is -2.19. The zero-order chi connectivity index (χ0) is 20.3. The summed E-state index contributed by atoms with van der Waals surface area (Å²) in [7, 11) is -3.96. The maximum atomic E-state index is 12.7. The maximum absolute atomic E-state index is 12.7. The molecule has 0 radical (unpaired) electrons. The summed E-state index contributed by atoms with van der Waals surface area (Å²) in [4.78, 5) is 24.9. The predicted molar refractivity (Wildman–Crippen MR) is 72.5 cm³/mol. The number of carbonyl (C=O) groups excluding carboxylic acids is 1. The molecular weight excluding hydrogens is 399 g/mol. The van der Waals surface area contributed by atoms with Crippen molar-refractivity contribution in [2.24, 2.45) is 0 Å². The number of carbonyl (C=O) groups is 1. The van der Waals surface area contributed by atoms with Crippen LogP contribution in [0.5, 0.6) is 0 Å². The lowest BCUT2D eigenvalue weighted by molar-refractivity contribution is -0.393. The van der Waals surface area contributed by atoms with Crippen LogP contribution in [0.15, 0.2) is 6.33 Å². The minimum absolute atomic E-state index is 0.492. The van der Waals surface area contributed by atoms with Gasteiger partial charge in [0.05, 0.1) is 12.8 Å². The van der Waals surface area contributed by atoms with Crippen molar-refractivity contribution in [3.63, 3.8) is 0 Å². The molecule has 1 amide bonds. The zero-order valence-corrected chi connectivity index (χ0v) is 13.6. The first-order valence-electron chi connectivity index (χ1n) is 6.38. The first kappa shape index (κ1) is 21.7. The zero-order valence-electron chi connectivity index (χ0n) is 12.8. The second-order valence-electron chi connectivity index (χ2n) is 4.85. The summed E-state index contributed by atoms with van der Waals surface area (Å²) >= 11 is 0. The van der Waals surface area contributed by atoms with E-state index in [2.05, 4.69) is 9.17 Å². The third-order valence-corrected chi connectivity index (χ3v) is 3.25. The van der Waals surface area contributed by atoms with Gasteiger partial charge in [-0.15, -0.1) is 0 Å². The molecule has 16 heteroatoms. The standard InChI is InChI=1S/C10H11F5N4O6S/c1-26(23,24)25-3-6-8(19(21)22)18(5-17-6)2-7(20)16-4-9(11,12)10(13,14)15/h5H,2-4H2,1H3,(H,16,20). The van der Waals surface area contributed by atoms with E-state index in [4.69, 9.17) is 0 Å². The fourth-order valence-corrected chi connectivity index (χ4v) is 1.85. The van der Waals surface area contributed by atoms with Crippen LogP contribution in [0.1, 0.15) is 5.69 Å². The summed E-state index contributed by atoms with van der Waals surface area (Å²) in [5, 5.41) is 12.3. The Morgan fingerprint density at radius 3 is 2.42 bits per heavy atom. The van der Waals surface area contributed by atoms with Crippen LogP contribution >= 0.6 is 0 Å². The summed E-state index contributed by atoms with van der Waals surface area (Å²) in [5.74, 6) is -7.45. The number of alkyl halides is 5. The van der Waals surface area contributed by atoms with Gasteiger partial charge in [-0.1, -0.05) is 0 Å². The van der Waals surface area contributed by atoms with Crippen LogP contribution < -0.4 is 5.32 Å². The summed E-state index contributed by atoms with van der Waals surface area (Å²) in [6.07, 6.45) is -4.50. The molecule has 0 unspecified atom stereocenters. The Bertz CT molecular complexity index is 790. The van der Waals surface area contributed by atoms with E-state index in [1.165, 1.54) is 5.32 Å². The molecule has 1 N–H and O–H groups in total. The molecule has 0 aliphatic carbocycles. The van der Waals surface area contributed by atoms with Crippen molar-refractivity contribution in [3.8, 4) is 0 Å². The van der Waals surface area contributed by atoms with Gasteiger partial charge in [0.1, 0.15) is 6.61 Å². The Balaban J connectivity index is 2.85. The first-order chi connectivity index (χ1) is 11.6. The fraction of sp³-hybridized carbons (Fsp3) is 0.600. The fourth-order valence-electron chi connectivity index (χ4n) is 1.53. The molecule has 0 aliphatic heterocycles. The average molecular weight is 410 g/mol. The minimum atomic E-state index is -5.88. The molecule has 0 spiro atoms. The van der Waals surface area contributed by atoms with Crippen molar-refractivity contribution in [1.82, 2.24) is 14.9 Å². The van der Waals surface area contributed by atoms with Gasteiger partial charge in [0.2, 0.25) is 0 Å². The quantitative estimate of drug-likeness (QED) is 0.287. The molecule has 148 valence electrons. The SMILES string of the molecule is CS(=O)(=O)OCc1ncn(CC(=O)NCC(F)(F)C(F)(F)F)c1[N+](=O)[O-]. The van der Waals surface area contributed by atoms with Crippen LogP contribution in [0.25, 0.3) is 0 Å². The van der Waals surface area contributed by atoms with Crippen LogP contribution in [0.2, 0.25) is 0 Å². The normalized spacial score (nSPS) is 12.8. The summed E-state index contributed by atoms with van der Waals surface area (Å²) in [6, 6.07) is 0. The van der Waals surface area contributed by atoms with Crippen LogP contribution in [0.4, 0.5) is 27.8 Å². The van der Waals surface area contributed by atoms with Gasteiger partial charge in [-0.05, 0) is 4.92 Å². The van der Waals surface area contributed by atoms with Gasteiger partial charge in [-0.25, -0.2) is 9.55 Å². The van der Waals surface area contributed by atoms with E-state index in [1.54, 1.807) is 0 Å². The topological polar surface area (TPSA) is 133 Å². The number of rotatable bonds is 8. The second kappa shape index (κ2) is 7.48. The van der Waals surface area contributed by atoms with Crippen molar-refractivity contribution in [1.29, 1.82) is 0 Å². The van der Waals surface area contributed by atoms with Crippen molar-refractivity contribution in [2.75, 3.05) is 12.8 Å². The molecule has 1 rings (SSSR count). The smallest absolute Gasteiger partial charge is 0.358 e. The Hall–Kier alpha value is -2.36. The van der Waals surface area contributed by atoms with E-state index in [-0.39, 0.29) is 0 Å². The number of halogens is 5. The third-order valence-electron chi connectivity index (χ3n) is 2.70. The molecule has 10 nitrogen and oxygen atoms in total. The van der Waals surface area contributed by atoms with E-state index < -0.39 is 64.3 Å². The summed E-state index contributed by atoms with van der Waals surface area (Å²) < 4.78 is 88.0. The van der Waals surface area contributed by atoms with Crippen LogP contribution in [0.3, 0.4) is 0 Å². The molecule has 0 bridgehead atoms. The number of hydrogen-bond donors (Lipinski definition) is 1. The van der Waals surface area contributed by atoms with Gasteiger partial charge in [-0.3, -0.25) is 8.98 Å². The van der Waals surface area contributed by atoms with Gasteiger partial charge in [-0.2, -0.15) is 30.4 Å². The Kier molecular flexibility index (Phi) is 6.24. The highest BCUT2D eigenvalue weighted by Crippen LogP contribution is 2.34. The van der Waals surface area contributed by atoms with E-state index in [0.29, 0.717) is 17.2 Å². The Labute approximate surface area is 142 Å². The van der Waals surface area contributed by atoms with Crippen molar-refractivity contribution >= 4 is 21.8 Å². The number of hydrogen-bond acceptors (Lipinski definition) is 7. The van der Waals surface area contributed by atoms with Crippen molar-refractivity contribution in [2.45, 2.75) is 25.3 Å². The van der Waals surface area contributed by atoms with E-state index in [9.17, 15) is 45.3 Å². The molecular formula is C10H11F5N4O6S. The molecule has 0 aromatic carbocycles. The Morgan fingerprint density at radius 1 is 1.38 bits per heavy atom. The number of amides is 1. The molecule has 1 aromatic heterocycles. The van der Waals surface area contributed by atoms with Gasteiger partial charge in [0.15, 0.2) is 18.6 Å². The van der Waals surface area contributed by atoms with Crippen molar-refractivity contribution < 1.29 is 44.3 Å². The molecule has 0 saturated carbocycles. The Morgan fingerprint density at radius 2 is 1.96 bits per heavy atom. The average Bonchev–Trinajstić information content (AvgIpc) is 2.84. The van der Waals surface area contributed by atoms with Gasteiger partial charge >= 0.3 is 17.9 Å². The number of nitrogens with one attached hydrogen (secondary N) is 1. The predicted octanol–water partition coefficient (Wildman–Crippen LogP) is 0.581. The lowest BCUT2D eigenvalue weighted by atomic mass is 10.3. The monoisotopic (exact) mass is 410 g/mol. The summed E-state index contributed by atoms with van der Waals surface area (Å²) in [5.41, 5.74) is -0.492. The molecule has 0 atom stereocenters. The number of nitro groups is 1. The second-order valence-corrected chi connectivity index (χ2v) is 6.49. The molecule has 26 heavy (non-hydrogen) atoms. The molecule has 0 aliphatic rings. The van der Waals surface area contributed by atoms with Crippen molar-refractivity contribution in [3.05, 3.63) is 22.1 Å². The van der Waals surface area contributed by atoms with Gasteiger partial charge < -0.3 is 15.4 Å². The highest BCUT2D eigenvalue weighted by atomic mass is 32.2. The number of imidazole rings is 1. The van der Waals surface area contributed by atoms with E-state index in [0.717, 1.165) is 0 Å². The highest BCUT2D eigenvalue weighted by molar-refractivity contribution is 7.85. The van der Waals surface area contributed by atoms with Crippen LogP contribution in [-0.4, -0.2) is 53.7 Å². The maximum Gasteiger partial charge on any atom is 0.455 e. The molecule has 1 aromatic rings.